The van der Waals surface area contributed by atoms with Gasteiger partial charge < -0.3 is 0 Å². The highest BCUT2D eigenvalue weighted by Crippen LogP contribution is 2.30. The van der Waals surface area contributed by atoms with Crippen molar-refractivity contribution < 1.29 is 0 Å². The summed E-state index contributed by atoms with van der Waals surface area (Å²) in [4.78, 5) is 28.5. The molecule has 4 aromatic rings. The quantitative estimate of drug-likeness (QED) is 0.463. The Bertz CT molecular complexity index is 896. The highest BCUT2D eigenvalue weighted by Gasteiger charge is 2.18. The number of benzene rings is 1. The fourth-order valence-corrected chi connectivity index (χ4v) is 2.80. The van der Waals surface area contributed by atoms with Gasteiger partial charge in [0, 0.05) is 0 Å². The van der Waals surface area contributed by atoms with Gasteiger partial charge in [0.1, 0.15) is 33.1 Å². The van der Waals surface area contributed by atoms with E-state index in [0.29, 0.717) is 0 Å². The van der Waals surface area contributed by atoms with Crippen molar-refractivity contribution in [3.05, 3.63) is 34.2 Å². The van der Waals surface area contributed by atoms with Crippen LogP contribution in [0.15, 0.2) is 0 Å². The van der Waals surface area contributed by atoms with E-state index >= 15 is 0 Å². The largest absolute Gasteiger partial charge is 0.247 e. The van der Waals surface area contributed by atoms with Gasteiger partial charge in [-0.05, 0) is 41.5 Å². The summed E-state index contributed by atoms with van der Waals surface area (Å²) in [6.45, 7) is 11.7. The summed E-state index contributed by atoms with van der Waals surface area (Å²) in [5, 5.41) is 0. The van der Waals surface area contributed by atoms with Gasteiger partial charge in [0.05, 0.1) is 34.2 Å². The molecular formula is C18H18N6. The van der Waals surface area contributed by atoms with Gasteiger partial charge in [0.2, 0.25) is 0 Å². The second-order valence-corrected chi connectivity index (χ2v) is 6.27. The molecule has 6 heteroatoms. The molecule has 0 saturated heterocycles. The van der Waals surface area contributed by atoms with Gasteiger partial charge in [0.25, 0.3) is 0 Å². The number of rotatable bonds is 0. The zero-order chi connectivity index (χ0) is 17.2. The Morgan fingerprint density at radius 3 is 0.542 bits per heavy atom. The smallest absolute Gasteiger partial charge is 0.119 e. The predicted octanol–water partition coefficient (Wildman–Crippen LogP) is 3.37. The van der Waals surface area contributed by atoms with E-state index in [-0.39, 0.29) is 0 Å². The Morgan fingerprint density at radius 2 is 0.417 bits per heavy atom. The molecule has 0 aliphatic heterocycles. The number of fused-ring (bicyclic) bond motifs is 6. The van der Waals surface area contributed by atoms with Gasteiger partial charge in [-0.25, -0.2) is 29.9 Å². The number of hydrogen-bond donors (Lipinski definition) is 0. The average Bonchev–Trinajstić information content (AvgIpc) is 2.53. The molecule has 0 radical (unpaired) electrons. The summed E-state index contributed by atoms with van der Waals surface area (Å²) in [5.41, 5.74) is 9.80. The number of nitrogens with zero attached hydrogens (tertiary/aromatic N) is 6. The van der Waals surface area contributed by atoms with Crippen LogP contribution in [-0.4, -0.2) is 29.9 Å². The van der Waals surface area contributed by atoms with Crippen molar-refractivity contribution in [1.82, 2.24) is 29.9 Å². The van der Waals surface area contributed by atoms with E-state index in [9.17, 15) is 0 Å². The zero-order valence-corrected chi connectivity index (χ0v) is 14.7. The van der Waals surface area contributed by atoms with E-state index in [2.05, 4.69) is 0 Å². The van der Waals surface area contributed by atoms with Crippen molar-refractivity contribution >= 4 is 33.1 Å². The minimum atomic E-state index is 0.744. The van der Waals surface area contributed by atoms with Crippen LogP contribution < -0.4 is 0 Å². The first-order valence-corrected chi connectivity index (χ1v) is 7.93. The lowest BCUT2D eigenvalue weighted by Crippen LogP contribution is -2.03. The average molecular weight is 318 g/mol. The first-order valence-electron chi connectivity index (χ1n) is 7.93. The van der Waals surface area contributed by atoms with Crippen LogP contribution in [0.5, 0.6) is 0 Å². The van der Waals surface area contributed by atoms with Gasteiger partial charge in [-0.1, -0.05) is 0 Å². The molecule has 0 aliphatic carbocycles. The van der Waals surface area contributed by atoms with Crippen LogP contribution in [0.1, 0.15) is 34.2 Å². The molecule has 120 valence electrons. The second-order valence-electron chi connectivity index (χ2n) is 6.27. The van der Waals surface area contributed by atoms with E-state index in [1.165, 1.54) is 0 Å². The number of hydrogen-bond acceptors (Lipinski definition) is 6. The van der Waals surface area contributed by atoms with Gasteiger partial charge in [-0.2, -0.15) is 0 Å². The maximum Gasteiger partial charge on any atom is 0.119 e. The second kappa shape index (κ2) is 4.87. The Kier molecular flexibility index (Phi) is 3.00. The molecular weight excluding hydrogens is 300 g/mol. The Hall–Kier alpha value is -2.76. The molecule has 6 nitrogen and oxygen atoms in total. The number of aryl methyl sites for hydroxylation is 6. The topological polar surface area (TPSA) is 77.3 Å². The van der Waals surface area contributed by atoms with E-state index in [1.807, 2.05) is 41.5 Å². The molecule has 0 unspecified atom stereocenters. The molecule has 4 rings (SSSR count). The first kappa shape index (κ1) is 14.8. The molecule has 3 aromatic heterocycles. The van der Waals surface area contributed by atoms with Crippen LogP contribution in [0.25, 0.3) is 33.1 Å². The summed E-state index contributed by atoms with van der Waals surface area (Å²) in [6, 6.07) is 0. The molecule has 3 heterocycles. The highest BCUT2D eigenvalue weighted by atomic mass is 14.9. The molecule has 0 bridgehead atoms. The van der Waals surface area contributed by atoms with Crippen LogP contribution in [0, 0.1) is 41.5 Å². The van der Waals surface area contributed by atoms with Crippen molar-refractivity contribution in [1.29, 1.82) is 0 Å². The Labute approximate surface area is 139 Å². The minimum Gasteiger partial charge on any atom is -0.247 e. The third-order valence-electron chi connectivity index (χ3n) is 4.59. The third kappa shape index (κ3) is 1.95. The van der Waals surface area contributed by atoms with Gasteiger partial charge in [0.15, 0.2) is 0 Å². The van der Waals surface area contributed by atoms with Gasteiger partial charge in [-0.3, -0.25) is 0 Å². The maximum absolute atomic E-state index is 4.74. The van der Waals surface area contributed by atoms with E-state index in [1.54, 1.807) is 0 Å². The minimum absolute atomic E-state index is 0.744. The summed E-state index contributed by atoms with van der Waals surface area (Å²) < 4.78 is 0. The summed E-state index contributed by atoms with van der Waals surface area (Å²) >= 11 is 0. The van der Waals surface area contributed by atoms with Crippen LogP contribution in [0.2, 0.25) is 0 Å². The Morgan fingerprint density at radius 1 is 0.292 bits per heavy atom. The maximum atomic E-state index is 4.74. The van der Waals surface area contributed by atoms with Gasteiger partial charge in [-0.15, -0.1) is 0 Å². The van der Waals surface area contributed by atoms with Crippen LogP contribution >= 0.6 is 0 Å². The van der Waals surface area contributed by atoms with Crippen molar-refractivity contribution in [2.24, 2.45) is 0 Å². The molecule has 0 spiro atoms. The molecule has 24 heavy (non-hydrogen) atoms. The van der Waals surface area contributed by atoms with Crippen LogP contribution in [0.4, 0.5) is 0 Å². The van der Waals surface area contributed by atoms with E-state index in [4.69, 9.17) is 29.9 Å². The molecule has 1 aromatic carbocycles. The molecule has 0 atom stereocenters. The SMILES string of the molecule is Cc1nc2c3nc(C)c(C)nc3c3nc(C)c(C)nc3c2nc1C. The molecule has 0 fully saturated rings. The molecule has 0 amide bonds. The summed E-state index contributed by atoms with van der Waals surface area (Å²) in [7, 11) is 0. The van der Waals surface area contributed by atoms with Crippen molar-refractivity contribution in [3.8, 4) is 0 Å². The van der Waals surface area contributed by atoms with Gasteiger partial charge >= 0.3 is 0 Å². The van der Waals surface area contributed by atoms with Crippen molar-refractivity contribution in [2.45, 2.75) is 41.5 Å². The lowest BCUT2D eigenvalue weighted by Gasteiger charge is -2.11. The predicted molar refractivity (Wildman–Crippen MR) is 94.2 cm³/mol. The van der Waals surface area contributed by atoms with E-state index in [0.717, 1.165) is 67.3 Å². The first-order chi connectivity index (χ1) is 11.4. The van der Waals surface area contributed by atoms with Crippen molar-refractivity contribution in [3.63, 3.8) is 0 Å². The normalized spacial score (nSPS) is 11.8. The van der Waals surface area contributed by atoms with E-state index < -0.39 is 0 Å². The number of aromatic nitrogens is 6. The lowest BCUT2D eigenvalue weighted by atomic mass is 10.1. The molecule has 0 N–H and O–H groups in total. The standard InChI is InChI=1S/C18H18N6/c1-7-8(2)20-14-13(19-7)15-17(23-10(4)9(3)21-15)18-16(14)22-11(5)12(6)24-18/h1-6H3. The molecule has 0 saturated carbocycles. The zero-order valence-electron chi connectivity index (χ0n) is 14.7. The molecule has 0 aliphatic rings. The lowest BCUT2D eigenvalue weighted by molar-refractivity contribution is 1.07. The third-order valence-corrected chi connectivity index (χ3v) is 4.59. The Balaban J connectivity index is 2.40. The monoisotopic (exact) mass is 318 g/mol. The summed E-state index contributed by atoms with van der Waals surface area (Å²) in [6.07, 6.45) is 0. The van der Waals surface area contributed by atoms with Crippen LogP contribution in [-0.2, 0) is 0 Å². The fraction of sp³-hybridized carbons (Fsp3) is 0.333. The highest BCUT2D eigenvalue weighted by molar-refractivity contribution is 6.17. The summed E-state index contributed by atoms with van der Waals surface area (Å²) in [5.74, 6) is 0. The van der Waals surface area contributed by atoms with Crippen LogP contribution in [0.3, 0.4) is 0 Å². The van der Waals surface area contributed by atoms with Crippen molar-refractivity contribution in [2.75, 3.05) is 0 Å². The fourth-order valence-electron chi connectivity index (χ4n) is 2.80.